The van der Waals surface area contributed by atoms with Gasteiger partial charge >= 0.3 is 6.09 Å². The molecule has 0 fully saturated rings. The summed E-state index contributed by atoms with van der Waals surface area (Å²) in [7, 11) is 1.81. The summed E-state index contributed by atoms with van der Waals surface area (Å²) < 4.78 is 1.82. The number of hydrogen-bond donors (Lipinski definition) is 3. The van der Waals surface area contributed by atoms with Crippen molar-refractivity contribution in [1.82, 2.24) is 29.8 Å². The van der Waals surface area contributed by atoms with Crippen molar-refractivity contribution in [2.45, 2.75) is 12.8 Å². The number of carbonyl (C=O) groups is 1. The first kappa shape index (κ1) is 21.9. The summed E-state index contributed by atoms with van der Waals surface area (Å²) in [4.78, 5) is 28.6. The summed E-state index contributed by atoms with van der Waals surface area (Å²) in [6.07, 6.45) is 1.64. The number of aryl methyl sites for hydroxylation is 1. The topological polar surface area (TPSA) is 153 Å². The second kappa shape index (κ2) is 8.64. The minimum absolute atomic E-state index is 0.144. The lowest BCUT2D eigenvalue weighted by atomic mass is 9.95. The number of nitrogens with one attached hydrogen (secondary N) is 2. The first-order valence-electron chi connectivity index (χ1n) is 9.73. The van der Waals surface area contributed by atoms with E-state index in [-0.39, 0.29) is 17.4 Å². The maximum absolute atomic E-state index is 11.0. The third-order valence-corrected chi connectivity index (χ3v) is 5.34. The smallest absolute Gasteiger partial charge is 0.410 e. The predicted octanol–water partition coefficient (Wildman–Crippen LogP) is 3.70. The number of rotatable bonds is 4. The number of aromatic nitrogens is 5. The van der Waals surface area contributed by atoms with Crippen LogP contribution in [0.1, 0.15) is 35.6 Å². The maximum Gasteiger partial charge on any atom is 0.410 e. The quantitative estimate of drug-likeness (QED) is 0.310. The van der Waals surface area contributed by atoms with Crippen molar-refractivity contribution in [3.8, 4) is 17.3 Å². The fraction of sp³-hybridized carbons (Fsp3) is 0.136. The van der Waals surface area contributed by atoms with Gasteiger partial charge < -0.3 is 9.67 Å². The van der Waals surface area contributed by atoms with Gasteiger partial charge in [0.25, 0.3) is 0 Å². The van der Waals surface area contributed by atoms with Crippen molar-refractivity contribution < 1.29 is 9.90 Å². The third-order valence-electron chi connectivity index (χ3n) is 5.13. The van der Waals surface area contributed by atoms with E-state index in [0.29, 0.717) is 33.2 Å². The SMILES string of the molecule is CC(c1ccccc1C#N)c1nc2nc(C(=N)NC(=O)O)nc(-c3cncc(Cl)c3)c2n1C. The van der Waals surface area contributed by atoms with Crippen LogP contribution in [0.3, 0.4) is 0 Å². The third kappa shape index (κ3) is 4.09. The molecule has 1 amide bonds. The summed E-state index contributed by atoms with van der Waals surface area (Å²) in [6.45, 7) is 1.93. The molecule has 1 atom stereocenters. The van der Waals surface area contributed by atoms with Crippen LogP contribution in [0.25, 0.3) is 22.4 Å². The van der Waals surface area contributed by atoms with Gasteiger partial charge in [0.1, 0.15) is 17.0 Å². The molecule has 0 saturated carbocycles. The zero-order valence-corrected chi connectivity index (χ0v) is 18.3. The molecule has 0 spiro atoms. The molecular formula is C22H17ClN8O2. The van der Waals surface area contributed by atoms with Crippen LogP contribution in [0.5, 0.6) is 0 Å². The molecule has 4 aromatic rings. The fourth-order valence-corrected chi connectivity index (χ4v) is 3.82. The molecule has 3 N–H and O–H groups in total. The summed E-state index contributed by atoms with van der Waals surface area (Å²) >= 11 is 6.13. The normalized spacial score (nSPS) is 11.7. The predicted molar refractivity (Wildman–Crippen MR) is 121 cm³/mol. The van der Waals surface area contributed by atoms with Gasteiger partial charge in [-0.2, -0.15) is 5.26 Å². The van der Waals surface area contributed by atoms with Gasteiger partial charge in [0.2, 0.25) is 0 Å². The Kier molecular flexibility index (Phi) is 5.72. The molecule has 3 heterocycles. The molecule has 0 bridgehead atoms. The molecule has 0 aliphatic carbocycles. The highest BCUT2D eigenvalue weighted by atomic mass is 35.5. The number of nitriles is 1. The van der Waals surface area contributed by atoms with Gasteiger partial charge in [-0.1, -0.05) is 36.7 Å². The van der Waals surface area contributed by atoms with E-state index in [4.69, 9.17) is 22.1 Å². The Labute approximate surface area is 193 Å². The summed E-state index contributed by atoms with van der Waals surface area (Å²) in [5.41, 5.74) is 3.11. The van der Waals surface area contributed by atoms with E-state index in [1.54, 1.807) is 24.4 Å². The van der Waals surface area contributed by atoms with Crippen LogP contribution in [0, 0.1) is 16.7 Å². The minimum Gasteiger partial charge on any atom is -0.465 e. The average molecular weight is 461 g/mol. The van der Waals surface area contributed by atoms with Crippen LogP contribution >= 0.6 is 11.6 Å². The van der Waals surface area contributed by atoms with E-state index < -0.39 is 11.9 Å². The molecule has 1 unspecified atom stereocenters. The van der Waals surface area contributed by atoms with Crippen molar-refractivity contribution in [1.29, 1.82) is 10.7 Å². The van der Waals surface area contributed by atoms with Crippen LogP contribution in [-0.4, -0.2) is 41.5 Å². The van der Waals surface area contributed by atoms with Gasteiger partial charge in [0.15, 0.2) is 17.3 Å². The van der Waals surface area contributed by atoms with Crippen LogP contribution in [0.15, 0.2) is 42.7 Å². The Morgan fingerprint density at radius 3 is 2.73 bits per heavy atom. The molecule has 1 aromatic carbocycles. The molecule has 3 aromatic heterocycles. The number of imidazole rings is 1. The van der Waals surface area contributed by atoms with Crippen molar-refractivity contribution in [3.05, 3.63) is 70.5 Å². The lowest BCUT2D eigenvalue weighted by Crippen LogP contribution is -2.30. The second-order valence-electron chi connectivity index (χ2n) is 7.21. The van der Waals surface area contributed by atoms with Gasteiger partial charge in [-0.3, -0.25) is 15.7 Å². The van der Waals surface area contributed by atoms with Crippen molar-refractivity contribution in [3.63, 3.8) is 0 Å². The van der Waals surface area contributed by atoms with Gasteiger partial charge in [0, 0.05) is 30.9 Å². The molecule has 11 heteroatoms. The number of hydrogen-bond acceptors (Lipinski definition) is 7. The van der Waals surface area contributed by atoms with Crippen LogP contribution in [-0.2, 0) is 7.05 Å². The molecule has 0 saturated heterocycles. The van der Waals surface area contributed by atoms with Crippen LogP contribution in [0.2, 0.25) is 5.02 Å². The molecule has 0 aliphatic heterocycles. The Morgan fingerprint density at radius 2 is 2.03 bits per heavy atom. The number of carboxylic acid groups (broad SMARTS) is 1. The zero-order chi connectivity index (χ0) is 23.7. The first-order chi connectivity index (χ1) is 15.8. The zero-order valence-electron chi connectivity index (χ0n) is 17.5. The van der Waals surface area contributed by atoms with Gasteiger partial charge in [-0.25, -0.2) is 19.7 Å². The molecule has 4 rings (SSSR count). The summed E-state index contributed by atoms with van der Waals surface area (Å²) in [6, 6.07) is 11.1. The number of amides is 1. The number of pyridine rings is 1. The fourth-order valence-electron chi connectivity index (χ4n) is 3.65. The highest BCUT2D eigenvalue weighted by molar-refractivity contribution is 6.30. The van der Waals surface area contributed by atoms with E-state index in [1.807, 2.05) is 36.0 Å². The van der Waals surface area contributed by atoms with Crippen molar-refractivity contribution in [2.24, 2.45) is 7.05 Å². The molecule has 33 heavy (non-hydrogen) atoms. The highest BCUT2D eigenvalue weighted by Crippen LogP contribution is 2.32. The Bertz CT molecular complexity index is 1460. The number of amidine groups is 1. The van der Waals surface area contributed by atoms with Crippen LogP contribution in [0.4, 0.5) is 4.79 Å². The van der Waals surface area contributed by atoms with Crippen molar-refractivity contribution in [2.75, 3.05) is 0 Å². The Morgan fingerprint density at radius 1 is 1.27 bits per heavy atom. The van der Waals surface area contributed by atoms with Gasteiger partial charge in [0.05, 0.1) is 16.7 Å². The van der Waals surface area contributed by atoms with E-state index in [9.17, 15) is 10.1 Å². The lowest BCUT2D eigenvalue weighted by molar-refractivity contribution is 0.200. The van der Waals surface area contributed by atoms with E-state index in [0.717, 1.165) is 5.56 Å². The van der Waals surface area contributed by atoms with E-state index in [2.05, 4.69) is 26.0 Å². The summed E-state index contributed by atoms with van der Waals surface area (Å²) in [5, 5.41) is 28.9. The van der Waals surface area contributed by atoms with Gasteiger partial charge in [-0.15, -0.1) is 0 Å². The minimum atomic E-state index is -1.40. The number of benzene rings is 1. The molecule has 0 radical (unpaired) electrons. The number of halogens is 1. The summed E-state index contributed by atoms with van der Waals surface area (Å²) in [5.74, 6) is -0.274. The largest absolute Gasteiger partial charge is 0.465 e. The van der Waals surface area contributed by atoms with E-state index in [1.165, 1.54) is 6.20 Å². The first-order valence-corrected chi connectivity index (χ1v) is 10.1. The monoisotopic (exact) mass is 460 g/mol. The number of nitrogens with zero attached hydrogens (tertiary/aromatic N) is 6. The second-order valence-corrected chi connectivity index (χ2v) is 7.65. The molecule has 164 valence electrons. The lowest BCUT2D eigenvalue weighted by Gasteiger charge is -2.14. The Balaban J connectivity index is 1.97. The Hall–Kier alpha value is -4.36. The van der Waals surface area contributed by atoms with Gasteiger partial charge in [-0.05, 0) is 17.7 Å². The standard InChI is InChI=1S/C22H17ClN8O2/c1-11(15-6-4-3-5-12(15)8-24)21-30-19-17(31(21)2)16(13-7-14(23)10-26-9-13)27-20(29-19)18(25)28-22(32)33/h3-7,9-11H,1-2H3,(H2,25,28)(H,32,33). The number of fused-ring (bicyclic) bond motifs is 1. The molecular weight excluding hydrogens is 444 g/mol. The van der Waals surface area contributed by atoms with Crippen molar-refractivity contribution >= 4 is 34.7 Å². The van der Waals surface area contributed by atoms with E-state index >= 15 is 0 Å². The molecule has 10 nitrogen and oxygen atoms in total. The highest BCUT2D eigenvalue weighted by Gasteiger charge is 2.24. The maximum atomic E-state index is 11.0. The molecule has 0 aliphatic rings. The average Bonchev–Trinajstić information content (AvgIpc) is 3.14. The van der Waals surface area contributed by atoms with Crippen LogP contribution < -0.4 is 5.32 Å².